The number of carbonyl (C=O) groups is 1. The van der Waals surface area contributed by atoms with Gasteiger partial charge in [-0.1, -0.05) is 16.8 Å². The third-order valence-corrected chi connectivity index (χ3v) is 2.73. The zero-order valence-electron chi connectivity index (χ0n) is 10.7. The number of hydrazine groups is 1. The minimum atomic E-state index is -0.289. The fraction of sp³-hybridized carbons (Fsp3) is 0.273. The number of nitrogens with one attached hydrogen (secondary N) is 2. The summed E-state index contributed by atoms with van der Waals surface area (Å²) in [6, 6.07) is 1.48. The predicted octanol–water partition coefficient (Wildman–Crippen LogP) is 0.685. The van der Waals surface area contributed by atoms with Crippen LogP contribution in [0.4, 0.5) is 5.82 Å². The van der Waals surface area contributed by atoms with E-state index in [9.17, 15) is 4.79 Å². The van der Waals surface area contributed by atoms with Gasteiger partial charge >= 0.3 is 0 Å². The molecule has 20 heavy (non-hydrogen) atoms. The van der Waals surface area contributed by atoms with Crippen LogP contribution in [0.2, 0.25) is 5.02 Å². The van der Waals surface area contributed by atoms with E-state index in [1.54, 1.807) is 6.92 Å². The maximum absolute atomic E-state index is 11.9. The number of aromatic nitrogens is 3. The summed E-state index contributed by atoms with van der Waals surface area (Å²) in [5, 5.41) is 6.71. The van der Waals surface area contributed by atoms with Crippen LogP contribution in [0.5, 0.6) is 0 Å². The van der Waals surface area contributed by atoms with E-state index < -0.39 is 0 Å². The number of hydrogen-bond donors (Lipinski definition) is 3. The van der Waals surface area contributed by atoms with Gasteiger partial charge in [0, 0.05) is 26.1 Å². The van der Waals surface area contributed by atoms with E-state index >= 15 is 0 Å². The highest BCUT2D eigenvalue weighted by molar-refractivity contribution is 6.33. The van der Waals surface area contributed by atoms with Crippen LogP contribution in [0.25, 0.3) is 0 Å². The van der Waals surface area contributed by atoms with Crippen LogP contribution in [-0.2, 0) is 6.42 Å². The maximum Gasteiger partial charge on any atom is 0.252 e. The minimum absolute atomic E-state index is 0.272. The van der Waals surface area contributed by atoms with Gasteiger partial charge in [-0.3, -0.25) is 4.79 Å². The molecule has 0 unspecified atom stereocenters. The molecule has 2 heterocycles. The number of pyridine rings is 1. The number of amides is 1. The van der Waals surface area contributed by atoms with Crippen molar-refractivity contribution >= 4 is 23.3 Å². The van der Waals surface area contributed by atoms with E-state index in [-0.39, 0.29) is 10.9 Å². The van der Waals surface area contributed by atoms with Crippen molar-refractivity contribution in [2.45, 2.75) is 13.3 Å². The Morgan fingerprint density at radius 1 is 1.55 bits per heavy atom. The summed E-state index contributed by atoms with van der Waals surface area (Å²) in [7, 11) is 0. The second-order valence-electron chi connectivity index (χ2n) is 3.93. The van der Waals surface area contributed by atoms with Crippen molar-refractivity contribution in [3.8, 4) is 0 Å². The van der Waals surface area contributed by atoms with Crippen molar-refractivity contribution in [1.29, 1.82) is 0 Å². The summed E-state index contributed by atoms with van der Waals surface area (Å²) in [5.74, 6) is 6.26. The average molecular weight is 297 g/mol. The molecule has 1 amide bonds. The molecule has 0 saturated carbocycles. The molecule has 0 radical (unpaired) electrons. The van der Waals surface area contributed by atoms with Crippen LogP contribution in [-0.4, -0.2) is 27.6 Å². The zero-order valence-corrected chi connectivity index (χ0v) is 11.4. The Labute approximate surface area is 119 Å². The lowest BCUT2D eigenvalue weighted by atomic mass is 10.2. The molecule has 8 nitrogen and oxygen atoms in total. The van der Waals surface area contributed by atoms with Gasteiger partial charge < -0.3 is 15.3 Å². The van der Waals surface area contributed by atoms with E-state index in [1.807, 2.05) is 0 Å². The van der Waals surface area contributed by atoms with Gasteiger partial charge in [-0.2, -0.15) is 4.98 Å². The minimum Gasteiger partial charge on any atom is -0.352 e. The Morgan fingerprint density at radius 3 is 2.95 bits per heavy atom. The molecule has 0 aliphatic rings. The van der Waals surface area contributed by atoms with Crippen LogP contribution in [0.3, 0.4) is 0 Å². The molecule has 0 aliphatic heterocycles. The van der Waals surface area contributed by atoms with E-state index in [2.05, 4.69) is 25.9 Å². The SMILES string of the molecule is Cc1nc(CCNC(=O)c2cnc(NN)c(Cl)c2)no1. The molecule has 0 saturated heterocycles. The summed E-state index contributed by atoms with van der Waals surface area (Å²) < 4.78 is 4.83. The summed E-state index contributed by atoms with van der Waals surface area (Å²) in [5.41, 5.74) is 2.67. The van der Waals surface area contributed by atoms with Gasteiger partial charge in [-0.05, 0) is 6.07 Å². The monoisotopic (exact) mass is 296 g/mol. The topological polar surface area (TPSA) is 119 Å². The number of rotatable bonds is 5. The summed E-state index contributed by atoms with van der Waals surface area (Å²) in [6.07, 6.45) is 1.86. The molecule has 2 rings (SSSR count). The van der Waals surface area contributed by atoms with Crippen LogP contribution < -0.4 is 16.6 Å². The van der Waals surface area contributed by atoms with Crippen LogP contribution in [0, 0.1) is 6.92 Å². The predicted molar refractivity (Wildman–Crippen MR) is 72.1 cm³/mol. The quantitative estimate of drug-likeness (QED) is 0.548. The van der Waals surface area contributed by atoms with Crippen LogP contribution in [0.1, 0.15) is 22.1 Å². The molecular weight excluding hydrogens is 284 g/mol. The number of nitrogens with two attached hydrogens (primary N) is 1. The first-order chi connectivity index (χ1) is 9.60. The third kappa shape index (κ3) is 3.43. The van der Waals surface area contributed by atoms with Gasteiger partial charge in [0.2, 0.25) is 5.89 Å². The van der Waals surface area contributed by atoms with Crippen molar-refractivity contribution in [2.24, 2.45) is 5.84 Å². The van der Waals surface area contributed by atoms with E-state index in [1.165, 1.54) is 12.3 Å². The number of anilines is 1. The van der Waals surface area contributed by atoms with E-state index in [0.29, 0.717) is 36.1 Å². The van der Waals surface area contributed by atoms with Gasteiger partial charge in [0.25, 0.3) is 5.91 Å². The first-order valence-electron chi connectivity index (χ1n) is 5.79. The average Bonchev–Trinajstić information content (AvgIpc) is 2.84. The van der Waals surface area contributed by atoms with Gasteiger partial charge in [0.15, 0.2) is 11.6 Å². The number of nitrogens with zero attached hydrogens (tertiary/aromatic N) is 3. The zero-order chi connectivity index (χ0) is 14.5. The second-order valence-corrected chi connectivity index (χ2v) is 4.34. The van der Waals surface area contributed by atoms with Gasteiger partial charge in [0.1, 0.15) is 0 Å². The first-order valence-corrected chi connectivity index (χ1v) is 6.17. The lowest BCUT2D eigenvalue weighted by molar-refractivity contribution is 0.0953. The smallest absolute Gasteiger partial charge is 0.252 e. The van der Waals surface area contributed by atoms with Gasteiger partial charge in [-0.25, -0.2) is 10.8 Å². The molecule has 0 aromatic carbocycles. The van der Waals surface area contributed by atoms with Crippen molar-refractivity contribution in [1.82, 2.24) is 20.4 Å². The molecule has 0 spiro atoms. The molecule has 0 aliphatic carbocycles. The highest BCUT2D eigenvalue weighted by Gasteiger charge is 2.10. The Bertz CT molecular complexity index is 615. The lowest BCUT2D eigenvalue weighted by Gasteiger charge is -2.06. The van der Waals surface area contributed by atoms with Gasteiger partial charge in [0.05, 0.1) is 10.6 Å². The second kappa shape index (κ2) is 6.31. The number of carbonyl (C=O) groups excluding carboxylic acids is 1. The molecule has 4 N–H and O–H groups in total. The highest BCUT2D eigenvalue weighted by atomic mass is 35.5. The standard InChI is InChI=1S/C11H13ClN6O2/c1-6-16-9(18-20-6)2-3-14-11(19)7-4-8(12)10(17-13)15-5-7/h4-5H,2-3,13H2,1H3,(H,14,19)(H,15,17). The molecule has 0 atom stereocenters. The maximum atomic E-state index is 11.9. The third-order valence-electron chi connectivity index (χ3n) is 2.44. The van der Waals surface area contributed by atoms with Crippen LogP contribution in [0.15, 0.2) is 16.8 Å². The molecule has 0 fully saturated rings. The Hall–Kier alpha value is -2.19. The molecule has 106 valence electrons. The Balaban J connectivity index is 1.90. The number of hydrogen-bond acceptors (Lipinski definition) is 7. The summed E-state index contributed by atoms with van der Waals surface area (Å²) in [4.78, 5) is 19.8. The molecule has 2 aromatic rings. The van der Waals surface area contributed by atoms with Crippen LogP contribution >= 0.6 is 11.6 Å². The highest BCUT2D eigenvalue weighted by Crippen LogP contribution is 2.18. The fourth-order valence-corrected chi connectivity index (χ4v) is 1.72. The van der Waals surface area contributed by atoms with Crippen molar-refractivity contribution < 1.29 is 9.32 Å². The van der Waals surface area contributed by atoms with Gasteiger partial charge in [-0.15, -0.1) is 0 Å². The fourth-order valence-electron chi connectivity index (χ4n) is 1.50. The molecule has 0 bridgehead atoms. The largest absolute Gasteiger partial charge is 0.352 e. The normalized spacial score (nSPS) is 10.3. The number of aryl methyl sites for hydroxylation is 1. The summed E-state index contributed by atoms with van der Waals surface area (Å²) >= 11 is 5.89. The Kier molecular flexibility index (Phi) is 4.49. The number of halogens is 1. The lowest BCUT2D eigenvalue weighted by Crippen LogP contribution is -2.26. The van der Waals surface area contributed by atoms with Crippen molar-refractivity contribution in [2.75, 3.05) is 12.0 Å². The molecular formula is C11H13ClN6O2. The Morgan fingerprint density at radius 2 is 2.35 bits per heavy atom. The summed E-state index contributed by atoms with van der Waals surface area (Å²) in [6.45, 7) is 2.09. The number of nitrogen functional groups attached to an aromatic ring is 1. The van der Waals surface area contributed by atoms with Crippen molar-refractivity contribution in [3.63, 3.8) is 0 Å². The molecule has 2 aromatic heterocycles. The van der Waals surface area contributed by atoms with E-state index in [4.69, 9.17) is 22.0 Å². The first kappa shape index (κ1) is 14.2. The van der Waals surface area contributed by atoms with E-state index in [0.717, 1.165) is 0 Å². The molecule has 9 heteroatoms. The van der Waals surface area contributed by atoms with Crippen molar-refractivity contribution in [3.05, 3.63) is 34.6 Å².